The number of methoxy groups -OCH3 is 1. The Balaban J connectivity index is 2.18. The van der Waals surface area contributed by atoms with E-state index in [9.17, 15) is 0 Å². The molecule has 0 amide bonds. The SMILES string of the molecule is CCOCCN(CC)Cc1cc(B2OC(C)(C)C(C)(C)O2)ccc1OC. The first-order chi connectivity index (χ1) is 12.2. The molecule has 1 aliphatic heterocycles. The van der Waals surface area contributed by atoms with Crippen molar-refractivity contribution < 1.29 is 18.8 Å². The van der Waals surface area contributed by atoms with Gasteiger partial charge in [-0.15, -0.1) is 0 Å². The fraction of sp³-hybridized carbons (Fsp3) is 0.700. The molecule has 2 rings (SSSR count). The molecule has 1 saturated heterocycles. The quantitative estimate of drug-likeness (QED) is 0.498. The van der Waals surface area contributed by atoms with Gasteiger partial charge in [-0.3, -0.25) is 4.90 Å². The maximum Gasteiger partial charge on any atom is 0.494 e. The van der Waals surface area contributed by atoms with E-state index in [1.165, 1.54) is 0 Å². The Morgan fingerprint density at radius 1 is 1.08 bits per heavy atom. The first kappa shape index (κ1) is 21.2. The summed E-state index contributed by atoms with van der Waals surface area (Å²) in [5.74, 6) is 0.889. The van der Waals surface area contributed by atoms with Crippen LogP contribution in [-0.2, 0) is 20.6 Å². The fourth-order valence-corrected chi connectivity index (χ4v) is 2.98. The second-order valence-corrected chi connectivity index (χ2v) is 7.73. The van der Waals surface area contributed by atoms with Crippen LogP contribution in [0.25, 0.3) is 0 Å². The number of rotatable bonds is 9. The number of nitrogens with zero attached hydrogens (tertiary/aromatic N) is 1. The first-order valence-electron chi connectivity index (χ1n) is 9.56. The van der Waals surface area contributed by atoms with Gasteiger partial charge in [0.25, 0.3) is 0 Å². The van der Waals surface area contributed by atoms with E-state index in [-0.39, 0.29) is 18.3 Å². The van der Waals surface area contributed by atoms with Gasteiger partial charge in [-0.1, -0.05) is 19.1 Å². The van der Waals surface area contributed by atoms with E-state index in [4.69, 9.17) is 18.8 Å². The van der Waals surface area contributed by atoms with Gasteiger partial charge in [0.1, 0.15) is 5.75 Å². The zero-order valence-electron chi connectivity index (χ0n) is 17.4. The average Bonchev–Trinajstić information content (AvgIpc) is 2.81. The molecule has 0 N–H and O–H groups in total. The highest BCUT2D eigenvalue weighted by Gasteiger charge is 2.51. The van der Waals surface area contributed by atoms with Crippen LogP contribution in [0.5, 0.6) is 5.75 Å². The molecule has 1 heterocycles. The van der Waals surface area contributed by atoms with E-state index in [2.05, 4.69) is 45.6 Å². The number of ether oxygens (including phenoxy) is 2. The fourth-order valence-electron chi connectivity index (χ4n) is 2.98. The maximum atomic E-state index is 6.19. The van der Waals surface area contributed by atoms with Gasteiger partial charge in [0.15, 0.2) is 0 Å². The highest BCUT2D eigenvalue weighted by molar-refractivity contribution is 6.62. The summed E-state index contributed by atoms with van der Waals surface area (Å²) >= 11 is 0. The summed E-state index contributed by atoms with van der Waals surface area (Å²) in [5, 5.41) is 0. The van der Waals surface area contributed by atoms with Crippen molar-refractivity contribution in [3.8, 4) is 5.75 Å². The van der Waals surface area contributed by atoms with E-state index >= 15 is 0 Å². The first-order valence-corrected chi connectivity index (χ1v) is 9.56. The van der Waals surface area contributed by atoms with E-state index in [1.807, 2.05) is 19.1 Å². The van der Waals surface area contributed by atoms with Crippen LogP contribution in [0.1, 0.15) is 47.1 Å². The van der Waals surface area contributed by atoms with Gasteiger partial charge in [0, 0.05) is 25.3 Å². The zero-order valence-corrected chi connectivity index (χ0v) is 17.4. The Bertz CT molecular complexity index is 575. The van der Waals surface area contributed by atoms with E-state index in [0.717, 1.165) is 49.6 Å². The Hall–Kier alpha value is -1.08. The molecule has 0 saturated carbocycles. The van der Waals surface area contributed by atoms with Gasteiger partial charge in [-0.2, -0.15) is 0 Å². The lowest BCUT2D eigenvalue weighted by atomic mass is 9.78. The molecular weight excluding hydrogens is 329 g/mol. The summed E-state index contributed by atoms with van der Waals surface area (Å²) in [6, 6.07) is 6.18. The molecule has 1 aromatic carbocycles. The molecular formula is C20H34BNO4. The molecule has 146 valence electrons. The van der Waals surface area contributed by atoms with Gasteiger partial charge in [-0.05, 0) is 52.7 Å². The van der Waals surface area contributed by atoms with Gasteiger partial charge in [-0.25, -0.2) is 0 Å². The highest BCUT2D eigenvalue weighted by Crippen LogP contribution is 2.36. The van der Waals surface area contributed by atoms with E-state index < -0.39 is 0 Å². The zero-order chi connectivity index (χ0) is 19.4. The summed E-state index contributed by atoms with van der Waals surface area (Å²) in [4.78, 5) is 2.35. The van der Waals surface area contributed by atoms with Gasteiger partial charge in [0.05, 0.1) is 24.9 Å². The standard InChI is InChI=1S/C20H34BNO4/c1-8-22(12-13-24-9-2)15-16-14-17(10-11-18(16)23-7)21-25-19(3,4)20(5,6)26-21/h10-11,14H,8-9,12-13,15H2,1-7H3. The lowest BCUT2D eigenvalue weighted by Gasteiger charge is -2.32. The predicted molar refractivity (Wildman–Crippen MR) is 106 cm³/mol. The normalized spacial score (nSPS) is 18.5. The Morgan fingerprint density at radius 2 is 1.73 bits per heavy atom. The topological polar surface area (TPSA) is 40.2 Å². The van der Waals surface area contributed by atoms with Crippen molar-refractivity contribution in [2.45, 2.75) is 59.3 Å². The van der Waals surface area contributed by atoms with Gasteiger partial charge >= 0.3 is 7.12 Å². The number of hydrogen-bond donors (Lipinski definition) is 0. The minimum atomic E-state index is -0.358. The number of hydrogen-bond acceptors (Lipinski definition) is 5. The third-order valence-corrected chi connectivity index (χ3v) is 5.43. The molecule has 0 atom stereocenters. The molecule has 0 unspecified atom stereocenters. The molecule has 0 aliphatic carbocycles. The van der Waals surface area contributed by atoms with Crippen LogP contribution in [0.15, 0.2) is 18.2 Å². The van der Waals surface area contributed by atoms with E-state index in [0.29, 0.717) is 0 Å². The lowest BCUT2D eigenvalue weighted by molar-refractivity contribution is 0.00578. The maximum absolute atomic E-state index is 6.19. The summed E-state index contributed by atoms with van der Waals surface area (Å²) in [6.07, 6.45) is 0. The van der Waals surface area contributed by atoms with Crippen LogP contribution in [0.4, 0.5) is 0 Å². The lowest BCUT2D eigenvalue weighted by Crippen LogP contribution is -2.41. The van der Waals surface area contributed by atoms with Crippen molar-refractivity contribution in [3.63, 3.8) is 0 Å². The summed E-state index contributed by atoms with van der Waals surface area (Å²) in [7, 11) is 1.35. The molecule has 0 radical (unpaired) electrons. The predicted octanol–water partition coefficient (Wildman–Crippen LogP) is 2.85. The Morgan fingerprint density at radius 3 is 2.27 bits per heavy atom. The largest absolute Gasteiger partial charge is 0.496 e. The monoisotopic (exact) mass is 363 g/mol. The van der Waals surface area contributed by atoms with Crippen molar-refractivity contribution in [3.05, 3.63) is 23.8 Å². The minimum absolute atomic E-state index is 0.343. The third-order valence-electron chi connectivity index (χ3n) is 5.43. The third kappa shape index (κ3) is 4.80. The molecule has 0 bridgehead atoms. The van der Waals surface area contributed by atoms with E-state index in [1.54, 1.807) is 7.11 Å². The highest BCUT2D eigenvalue weighted by atomic mass is 16.7. The Labute approximate surface area is 159 Å². The van der Waals surface area contributed by atoms with Crippen LogP contribution < -0.4 is 10.2 Å². The molecule has 1 aromatic rings. The smallest absolute Gasteiger partial charge is 0.494 e. The summed E-state index contributed by atoms with van der Waals surface area (Å²) < 4.78 is 23.5. The number of benzene rings is 1. The van der Waals surface area contributed by atoms with Gasteiger partial charge in [0.2, 0.25) is 0 Å². The van der Waals surface area contributed by atoms with Crippen LogP contribution >= 0.6 is 0 Å². The van der Waals surface area contributed by atoms with Gasteiger partial charge < -0.3 is 18.8 Å². The average molecular weight is 363 g/mol. The molecule has 1 fully saturated rings. The molecule has 1 aliphatic rings. The van der Waals surface area contributed by atoms with Crippen LogP contribution in [0, 0.1) is 0 Å². The van der Waals surface area contributed by atoms with Crippen LogP contribution in [0.3, 0.4) is 0 Å². The van der Waals surface area contributed by atoms with Crippen LogP contribution in [0.2, 0.25) is 0 Å². The molecule has 5 nitrogen and oxygen atoms in total. The summed E-state index contributed by atoms with van der Waals surface area (Å²) in [6.45, 7) is 16.6. The Kier molecular flexibility index (Phi) is 7.14. The van der Waals surface area contributed by atoms with Crippen molar-refractivity contribution in [1.82, 2.24) is 4.90 Å². The molecule has 0 aromatic heterocycles. The minimum Gasteiger partial charge on any atom is -0.496 e. The van der Waals surface area contributed by atoms with Crippen LogP contribution in [-0.4, -0.2) is 56.6 Å². The van der Waals surface area contributed by atoms with Crippen molar-refractivity contribution in [1.29, 1.82) is 0 Å². The molecule has 26 heavy (non-hydrogen) atoms. The second-order valence-electron chi connectivity index (χ2n) is 7.73. The number of likely N-dealkylation sites (N-methyl/N-ethyl adjacent to an activating group) is 1. The summed E-state index contributed by atoms with van der Waals surface area (Å²) in [5.41, 5.74) is 1.48. The van der Waals surface area contributed by atoms with Crippen molar-refractivity contribution in [2.24, 2.45) is 0 Å². The second kappa shape index (κ2) is 8.74. The van der Waals surface area contributed by atoms with Crippen molar-refractivity contribution in [2.75, 3.05) is 33.4 Å². The molecule has 6 heteroatoms. The molecule has 0 spiro atoms. The van der Waals surface area contributed by atoms with Crippen molar-refractivity contribution >= 4 is 12.6 Å².